The molecule has 2 aromatic carbocycles. The molecule has 33 heavy (non-hydrogen) atoms. The molecule has 0 aliphatic carbocycles. The number of sulfonamides is 1. The number of piperidine rings is 1. The monoisotopic (exact) mass is 472 g/mol. The number of benzene rings is 2. The Morgan fingerprint density at radius 1 is 1.03 bits per heavy atom. The average molecular weight is 473 g/mol. The Hall–Kier alpha value is -2.38. The number of carbonyl (C=O) groups is 1. The van der Waals surface area contributed by atoms with Crippen LogP contribution < -0.4 is 10.1 Å². The maximum absolute atomic E-state index is 13.4. The lowest BCUT2D eigenvalue weighted by atomic mass is 9.97. The van der Waals surface area contributed by atoms with Crippen molar-refractivity contribution < 1.29 is 17.9 Å². The van der Waals surface area contributed by atoms with Gasteiger partial charge in [-0.2, -0.15) is 4.31 Å². The second-order valence-corrected chi connectivity index (χ2v) is 10.9. The Morgan fingerprint density at radius 3 is 2.15 bits per heavy atom. The number of nitrogens with zero attached hydrogens (tertiary/aromatic N) is 1. The molecule has 7 heteroatoms. The summed E-state index contributed by atoms with van der Waals surface area (Å²) in [5, 5.41) is 3.03. The fourth-order valence-corrected chi connectivity index (χ4v) is 6.54. The third-order valence-electron chi connectivity index (χ3n) is 6.82. The Kier molecular flexibility index (Phi) is 8.19. The first kappa shape index (κ1) is 25.2. The minimum atomic E-state index is -3.58. The third-order valence-corrected chi connectivity index (χ3v) is 8.99. The second-order valence-electron chi connectivity index (χ2n) is 9.01. The highest BCUT2D eigenvalue weighted by atomic mass is 32.2. The molecule has 1 amide bonds. The minimum absolute atomic E-state index is 0.0283. The van der Waals surface area contributed by atoms with Crippen molar-refractivity contribution in [3.8, 4) is 5.75 Å². The highest BCUT2D eigenvalue weighted by Gasteiger charge is 2.34. The number of carbonyl (C=O) groups excluding carboxylic acids is 1. The van der Waals surface area contributed by atoms with Gasteiger partial charge in [-0.3, -0.25) is 4.79 Å². The van der Waals surface area contributed by atoms with Crippen LogP contribution in [0, 0.1) is 33.6 Å². The third kappa shape index (κ3) is 5.76. The van der Waals surface area contributed by atoms with Gasteiger partial charge in [0, 0.05) is 25.6 Å². The molecule has 1 saturated heterocycles. The molecule has 0 spiro atoms. The molecule has 1 aliphatic rings. The van der Waals surface area contributed by atoms with Crippen LogP contribution in [-0.2, 0) is 21.2 Å². The van der Waals surface area contributed by atoms with Gasteiger partial charge < -0.3 is 10.1 Å². The van der Waals surface area contributed by atoms with Crippen molar-refractivity contribution in [2.75, 3.05) is 26.7 Å². The van der Waals surface area contributed by atoms with Crippen molar-refractivity contribution in [1.82, 2.24) is 9.62 Å². The van der Waals surface area contributed by atoms with Crippen molar-refractivity contribution in [1.29, 1.82) is 0 Å². The summed E-state index contributed by atoms with van der Waals surface area (Å²) >= 11 is 0. The molecule has 0 bridgehead atoms. The Bertz CT molecular complexity index is 1060. The lowest BCUT2D eigenvalue weighted by Crippen LogP contribution is -2.43. The Morgan fingerprint density at radius 2 is 1.61 bits per heavy atom. The lowest BCUT2D eigenvalue weighted by Gasteiger charge is -2.31. The molecule has 0 atom stereocenters. The van der Waals surface area contributed by atoms with Crippen LogP contribution >= 0.6 is 0 Å². The first-order valence-corrected chi connectivity index (χ1v) is 13.1. The van der Waals surface area contributed by atoms with Gasteiger partial charge in [0.05, 0.1) is 12.0 Å². The van der Waals surface area contributed by atoms with E-state index in [-0.39, 0.29) is 11.8 Å². The van der Waals surface area contributed by atoms with Crippen LogP contribution in [0.15, 0.2) is 35.2 Å². The van der Waals surface area contributed by atoms with Crippen LogP contribution in [0.25, 0.3) is 0 Å². The smallest absolute Gasteiger partial charge is 0.243 e. The molecule has 0 unspecified atom stereocenters. The summed E-state index contributed by atoms with van der Waals surface area (Å²) in [6.45, 7) is 9.01. The maximum atomic E-state index is 13.4. The molecule has 1 N–H and O–H groups in total. The van der Waals surface area contributed by atoms with E-state index in [4.69, 9.17) is 4.74 Å². The van der Waals surface area contributed by atoms with Crippen molar-refractivity contribution >= 4 is 15.9 Å². The topological polar surface area (TPSA) is 75.7 Å². The Balaban J connectivity index is 1.51. The predicted molar refractivity (Wildman–Crippen MR) is 131 cm³/mol. The van der Waals surface area contributed by atoms with E-state index in [9.17, 15) is 13.2 Å². The summed E-state index contributed by atoms with van der Waals surface area (Å²) in [6.07, 6.45) is 2.84. The lowest BCUT2D eigenvalue weighted by molar-refractivity contribution is -0.126. The van der Waals surface area contributed by atoms with Gasteiger partial charge in [0.1, 0.15) is 5.75 Å². The fourth-order valence-electron chi connectivity index (χ4n) is 4.50. The number of hydrogen-bond acceptors (Lipinski definition) is 4. The number of ether oxygens (including phenoxy) is 1. The van der Waals surface area contributed by atoms with Gasteiger partial charge >= 0.3 is 0 Å². The van der Waals surface area contributed by atoms with Gasteiger partial charge in [-0.1, -0.05) is 18.2 Å². The van der Waals surface area contributed by atoms with Gasteiger partial charge in [0.2, 0.25) is 15.9 Å². The fraction of sp³-hybridized carbons (Fsp3) is 0.500. The van der Waals surface area contributed by atoms with Crippen LogP contribution in [0.5, 0.6) is 5.75 Å². The predicted octanol–water partition coefficient (Wildman–Crippen LogP) is 4.08. The maximum Gasteiger partial charge on any atom is 0.243 e. The number of methoxy groups -OCH3 is 1. The van der Waals surface area contributed by atoms with Gasteiger partial charge in [-0.25, -0.2) is 8.42 Å². The molecule has 1 fully saturated rings. The summed E-state index contributed by atoms with van der Waals surface area (Å²) in [5.41, 5.74) is 4.81. The zero-order valence-electron chi connectivity index (χ0n) is 20.4. The molecule has 0 aromatic heterocycles. The van der Waals surface area contributed by atoms with Gasteiger partial charge in [0.15, 0.2) is 0 Å². The van der Waals surface area contributed by atoms with Crippen molar-refractivity contribution in [2.24, 2.45) is 5.92 Å². The largest absolute Gasteiger partial charge is 0.497 e. The number of aryl methyl sites for hydroxylation is 3. The number of hydrogen-bond donors (Lipinski definition) is 1. The van der Waals surface area contributed by atoms with Crippen LogP contribution in [0.2, 0.25) is 0 Å². The highest BCUT2D eigenvalue weighted by molar-refractivity contribution is 7.89. The van der Waals surface area contributed by atoms with E-state index in [1.807, 2.05) is 58.0 Å². The molecule has 3 rings (SSSR count). The van der Waals surface area contributed by atoms with E-state index in [1.165, 1.54) is 5.56 Å². The summed E-state index contributed by atoms with van der Waals surface area (Å²) < 4.78 is 33.5. The minimum Gasteiger partial charge on any atom is -0.497 e. The zero-order valence-corrected chi connectivity index (χ0v) is 21.2. The summed E-state index contributed by atoms with van der Waals surface area (Å²) in [4.78, 5) is 13.1. The molecule has 0 radical (unpaired) electrons. The molecule has 1 aliphatic heterocycles. The number of nitrogens with one attached hydrogen (secondary N) is 1. The number of rotatable bonds is 8. The molecular weight excluding hydrogens is 436 g/mol. The van der Waals surface area contributed by atoms with E-state index >= 15 is 0 Å². The second kappa shape index (κ2) is 10.7. The van der Waals surface area contributed by atoms with E-state index in [0.717, 1.165) is 40.8 Å². The standard InChI is InChI=1S/C26H36N2O4S/c1-18-17-19(2)21(4)25(20(18)3)33(30,31)28-15-12-23(13-16-28)26(29)27-14-6-7-22-8-10-24(32-5)11-9-22/h8-11,17,23H,6-7,12-16H2,1-5H3,(H,27,29). The van der Waals surface area contributed by atoms with Crippen LogP contribution in [0.1, 0.15) is 47.1 Å². The summed E-state index contributed by atoms with van der Waals surface area (Å²) in [7, 11) is -1.93. The van der Waals surface area contributed by atoms with Gasteiger partial charge in [0.25, 0.3) is 0 Å². The van der Waals surface area contributed by atoms with E-state index in [0.29, 0.717) is 37.4 Å². The quantitative estimate of drug-likeness (QED) is 0.588. The first-order chi connectivity index (χ1) is 15.6. The zero-order chi connectivity index (χ0) is 24.2. The van der Waals surface area contributed by atoms with Crippen molar-refractivity contribution in [3.05, 3.63) is 58.1 Å². The molecule has 6 nitrogen and oxygen atoms in total. The van der Waals surface area contributed by atoms with E-state index < -0.39 is 10.0 Å². The van der Waals surface area contributed by atoms with Crippen LogP contribution in [0.3, 0.4) is 0 Å². The van der Waals surface area contributed by atoms with Crippen LogP contribution in [-0.4, -0.2) is 45.4 Å². The Labute approximate surface area is 198 Å². The molecule has 2 aromatic rings. The highest BCUT2D eigenvalue weighted by Crippen LogP contribution is 2.31. The van der Waals surface area contributed by atoms with Crippen molar-refractivity contribution in [3.63, 3.8) is 0 Å². The van der Waals surface area contributed by atoms with Gasteiger partial charge in [-0.05, 0) is 93.3 Å². The van der Waals surface area contributed by atoms with Gasteiger partial charge in [-0.15, -0.1) is 0 Å². The summed E-state index contributed by atoms with van der Waals surface area (Å²) in [5.74, 6) is 0.725. The SMILES string of the molecule is COc1ccc(CCCNC(=O)C2CCN(S(=O)(=O)c3c(C)c(C)cc(C)c3C)CC2)cc1. The molecule has 0 saturated carbocycles. The average Bonchev–Trinajstić information content (AvgIpc) is 2.81. The molecule has 1 heterocycles. The molecular formula is C26H36N2O4S. The number of amides is 1. The van der Waals surface area contributed by atoms with Crippen LogP contribution in [0.4, 0.5) is 0 Å². The first-order valence-electron chi connectivity index (χ1n) is 11.6. The molecule has 180 valence electrons. The van der Waals surface area contributed by atoms with E-state index in [1.54, 1.807) is 11.4 Å². The van der Waals surface area contributed by atoms with E-state index in [2.05, 4.69) is 5.32 Å². The normalized spacial score (nSPS) is 15.4. The summed E-state index contributed by atoms with van der Waals surface area (Å²) in [6, 6.07) is 9.99. The van der Waals surface area contributed by atoms with Crippen molar-refractivity contribution in [2.45, 2.75) is 58.3 Å².